The highest BCUT2D eigenvalue weighted by molar-refractivity contribution is 7.92. The third-order valence-electron chi connectivity index (χ3n) is 7.50. The summed E-state index contributed by atoms with van der Waals surface area (Å²) in [4.78, 5) is 29.0. The molecule has 0 aromatic heterocycles. The van der Waals surface area contributed by atoms with Crippen LogP contribution >= 0.6 is 11.6 Å². The van der Waals surface area contributed by atoms with Gasteiger partial charge in [0.15, 0.2) is 0 Å². The average Bonchev–Trinajstić information content (AvgIpc) is 3.52. The highest BCUT2D eigenvalue weighted by Crippen LogP contribution is 2.33. The molecule has 1 aliphatic rings. The lowest BCUT2D eigenvalue weighted by atomic mass is 10.1. The minimum atomic E-state index is -4.26. The van der Waals surface area contributed by atoms with E-state index in [9.17, 15) is 18.0 Å². The molecule has 0 spiro atoms. The van der Waals surface area contributed by atoms with E-state index in [1.807, 2.05) is 12.1 Å². The Morgan fingerprint density at radius 3 is 2.28 bits per heavy atom. The molecular weight excluding hydrogens is 590 g/mol. The summed E-state index contributed by atoms with van der Waals surface area (Å²) in [5.74, 6) is 0.134. The highest BCUT2D eigenvalue weighted by Gasteiger charge is 2.34. The molecule has 9 nitrogen and oxygen atoms in total. The van der Waals surface area contributed by atoms with E-state index >= 15 is 0 Å². The van der Waals surface area contributed by atoms with Gasteiger partial charge in [-0.1, -0.05) is 48.7 Å². The Bertz CT molecular complexity index is 1490. The summed E-state index contributed by atoms with van der Waals surface area (Å²) in [6.07, 6.45) is 3.88. The predicted molar refractivity (Wildman–Crippen MR) is 167 cm³/mol. The van der Waals surface area contributed by atoms with Crippen LogP contribution in [0.4, 0.5) is 5.69 Å². The van der Waals surface area contributed by atoms with Crippen molar-refractivity contribution in [1.82, 2.24) is 10.2 Å². The molecule has 43 heavy (non-hydrogen) atoms. The molecule has 0 heterocycles. The lowest BCUT2D eigenvalue weighted by Crippen LogP contribution is -2.52. The Kier molecular flexibility index (Phi) is 10.9. The first-order chi connectivity index (χ1) is 20.6. The normalized spacial score (nSPS) is 14.1. The number of halogens is 1. The highest BCUT2D eigenvalue weighted by atomic mass is 35.5. The number of methoxy groups -OCH3 is 1. The number of nitrogens with zero attached hydrogens (tertiary/aromatic N) is 2. The van der Waals surface area contributed by atoms with Crippen molar-refractivity contribution < 1.29 is 27.5 Å². The first-order valence-electron chi connectivity index (χ1n) is 14.4. The minimum absolute atomic E-state index is 0.0373. The average molecular weight is 628 g/mol. The lowest BCUT2D eigenvalue weighted by Gasteiger charge is -2.33. The van der Waals surface area contributed by atoms with Gasteiger partial charge in [0.1, 0.15) is 24.1 Å². The number of amides is 2. The molecule has 3 aromatic rings. The van der Waals surface area contributed by atoms with Crippen molar-refractivity contribution >= 4 is 39.1 Å². The maximum Gasteiger partial charge on any atom is 0.264 e. The van der Waals surface area contributed by atoms with E-state index < -0.39 is 28.5 Å². The van der Waals surface area contributed by atoms with Crippen LogP contribution < -0.4 is 19.1 Å². The summed E-state index contributed by atoms with van der Waals surface area (Å²) in [5.41, 5.74) is 0.969. The Morgan fingerprint density at radius 2 is 1.65 bits per heavy atom. The Labute approximate surface area is 258 Å². The van der Waals surface area contributed by atoms with E-state index in [0.717, 1.165) is 35.6 Å². The standard InChI is InChI=1S/C32H38ClN3O6S/c1-4-42-30-12-8-7-11-29(30)36(43(39,40)28-19-15-25(33)16-20-28)22-31(37)35(21-24-13-17-27(41-3)18-14-24)23(2)32(38)34-26-9-5-6-10-26/h7-8,11-20,23,26H,4-6,9-10,21-22H2,1-3H3,(H,34,38)/t23-/m0/s1. The van der Waals surface area contributed by atoms with Gasteiger partial charge in [-0.3, -0.25) is 13.9 Å². The van der Waals surface area contributed by atoms with E-state index in [-0.39, 0.29) is 29.1 Å². The molecule has 1 saturated carbocycles. The van der Waals surface area contributed by atoms with Gasteiger partial charge in [-0.25, -0.2) is 8.42 Å². The van der Waals surface area contributed by atoms with E-state index in [2.05, 4.69) is 5.32 Å². The van der Waals surface area contributed by atoms with Gasteiger partial charge in [0.25, 0.3) is 10.0 Å². The molecular formula is C32H38ClN3O6S. The van der Waals surface area contributed by atoms with E-state index in [1.165, 1.54) is 29.2 Å². The van der Waals surface area contributed by atoms with Crippen LogP contribution in [0, 0.1) is 0 Å². The van der Waals surface area contributed by atoms with Crippen LogP contribution in [-0.2, 0) is 26.2 Å². The first kappa shape index (κ1) is 32.2. The summed E-state index contributed by atoms with van der Waals surface area (Å²) < 4.78 is 40.2. The van der Waals surface area contributed by atoms with Gasteiger partial charge in [0.05, 0.1) is 24.3 Å². The molecule has 1 aliphatic carbocycles. The molecule has 230 valence electrons. The zero-order valence-corrected chi connectivity index (χ0v) is 26.2. The van der Waals surface area contributed by atoms with E-state index in [4.69, 9.17) is 21.1 Å². The van der Waals surface area contributed by atoms with Crippen LogP contribution in [0.25, 0.3) is 0 Å². The molecule has 0 bridgehead atoms. The van der Waals surface area contributed by atoms with Crippen LogP contribution in [0.1, 0.15) is 45.1 Å². The molecule has 1 fully saturated rings. The summed E-state index contributed by atoms with van der Waals surface area (Å²) in [5, 5.41) is 3.45. The fourth-order valence-electron chi connectivity index (χ4n) is 5.09. The van der Waals surface area contributed by atoms with Gasteiger partial charge in [0.2, 0.25) is 11.8 Å². The summed E-state index contributed by atoms with van der Waals surface area (Å²) in [7, 11) is -2.69. The number of rotatable bonds is 13. The third-order valence-corrected chi connectivity index (χ3v) is 9.52. The third kappa shape index (κ3) is 8.00. The number of sulfonamides is 1. The maximum absolute atomic E-state index is 14.2. The minimum Gasteiger partial charge on any atom is -0.497 e. The maximum atomic E-state index is 14.2. The molecule has 2 amide bonds. The largest absolute Gasteiger partial charge is 0.497 e. The van der Waals surface area contributed by atoms with E-state index in [1.54, 1.807) is 57.4 Å². The molecule has 0 unspecified atom stereocenters. The van der Waals surface area contributed by atoms with Crippen LogP contribution in [0.5, 0.6) is 11.5 Å². The molecule has 0 aliphatic heterocycles. The Morgan fingerprint density at radius 1 is 1.00 bits per heavy atom. The molecule has 4 rings (SSSR count). The van der Waals surface area contributed by atoms with Crippen LogP contribution in [0.3, 0.4) is 0 Å². The first-order valence-corrected chi connectivity index (χ1v) is 16.2. The van der Waals surface area contributed by atoms with E-state index in [0.29, 0.717) is 23.1 Å². The fourth-order valence-corrected chi connectivity index (χ4v) is 6.64. The van der Waals surface area contributed by atoms with Gasteiger partial charge in [0, 0.05) is 17.6 Å². The van der Waals surface area contributed by atoms with Gasteiger partial charge in [-0.15, -0.1) is 0 Å². The van der Waals surface area contributed by atoms with Crippen LogP contribution in [-0.4, -0.2) is 57.5 Å². The predicted octanol–water partition coefficient (Wildman–Crippen LogP) is 5.42. The second-order valence-electron chi connectivity index (χ2n) is 10.4. The number of carbonyl (C=O) groups is 2. The molecule has 1 N–H and O–H groups in total. The number of carbonyl (C=O) groups excluding carboxylic acids is 2. The smallest absolute Gasteiger partial charge is 0.264 e. The number of ether oxygens (including phenoxy) is 2. The number of hydrogen-bond donors (Lipinski definition) is 1. The van der Waals surface area contributed by atoms with Crippen LogP contribution in [0.15, 0.2) is 77.7 Å². The summed E-state index contributed by atoms with van der Waals surface area (Å²) in [6, 6.07) is 18.8. The molecule has 11 heteroatoms. The topological polar surface area (TPSA) is 105 Å². The number of benzene rings is 3. The SMILES string of the molecule is CCOc1ccccc1N(CC(=O)N(Cc1ccc(OC)cc1)[C@@H](C)C(=O)NC1CCCC1)S(=O)(=O)c1ccc(Cl)cc1. The molecule has 0 saturated heterocycles. The lowest BCUT2D eigenvalue weighted by molar-refractivity contribution is -0.139. The van der Waals surface area contributed by atoms with Crippen LogP contribution in [0.2, 0.25) is 5.02 Å². The zero-order valence-electron chi connectivity index (χ0n) is 24.7. The van der Waals surface area contributed by atoms with Crippen molar-refractivity contribution in [2.75, 3.05) is 24.6 Å². The number of para-hydroxylation sites is 2. The number of anilines is 1. The fraction of sp³-hybridized carbons (Fsp3) is 0.375. The number of nitrogens with one attached hydrogen (secondary N) is 1. The van der Waals surface area contributed by atoms with Crippen molar-refractivity contribution in [3.05, 3.63) is 83.4 Å². The molecule has 1 atom stereocenters. The zero-order chi connectivity index (χ0) is 31.0. The second-order valence-corrected chi connectivity index (χ2v) is 12.7. The Hall–Kier alpha value is -3.76. The summed E-state index contributed by atoms with van der Waals surface area (Å²) >= 11 is 6.04. The van der Waals surface area contributed by atoms with Crippen molar-refractivity contribution in [1.29, 1.82) is 0 Å². The van der Waals surface area contributed by atoms with Crippen molar-refractivity contribution in [3.63, 3.8) is 0 Å². The van der Waals surface area contributed by atoms with Gasteiger partial charge in [-0.2, -0.15) is 0 Å². The summed E-state index contributed by atoms with van der Waals surface area (Å²) in [6.45, 7) is 3.27. The van der Waals surface area contributed by atoms with Gasteiger partial charge in [-0.05, 0) is 80.8 Å². The molecule has 0 radical (unpaired) electrons. The van der Waals surface area contributed by atoms with Crippen molar-refractivity contribution in [2.24, 2.45) is 0 Å². The Balaban J connectivity index is 1.72. The quantitative estimate of drug-likeness (QED) is 0.271. The number of hydrogen-bond acceptors (Lipinski definition) is 6. The second kappa shape index (κ2) is 14.6. The molecule has 3 aromatic carbocycles. The monoisotopic (exact) mass is 627 g/mol. The van der Waals surface area contributed by atoms with Crippen molar-refractivity contribution in [2.45, 2.75) is 63.1 Å². The van der Waals surface area contributed by atoms with Gasteiger partial charge < -0.3 is 19.7 Å². The van der Waals surface area contributed by atoms with Crippen molar-refractivity contribution in [3.8, 4) is 11.5 Å². The van der Waals surface area contributed by atoms with Gasteiger partial charge >= 0.3 is 0 Å².